The highest BCUT2D eigenvalue weighted by atomic mass is 79.9. The molecule has 2 rings (SSSR count). The molecule has 5 heteroatoms. The van der Waals surface area contributed by atoms with Crippen LogP contribution in [0.4, 0.5) is 10.1 Å². The summed E-state index contributed by atoms with van der Waals surface area (Å²) in [5.41, 5.74) is 1.26. The fourth-order valence-electron chi connectivity index (χ4n) is 1.75. The normalized spacial score (nSPS) is 12.2. The Hall–Kier alpha value is -0.910. The second-order valence-electron chi connectivity index (χ2n) is 4.05. The molecule has 19 heavy (non-hydrogen) atoms. The van der Waals surface area contributed by atoms with E-state index in [4.69, 9.17) is 0 Å². The lowest BCUT2D eigenvalue weighted by molar-refractivity contribution is 0.274. The number of rotatable bonds is 4. The van der Waals surface area contributed by atoms with Crippen LogP contribution in [0.5, 0.6) is 0 Å². The van der Waals surface area contributed by atoms with Crippen LogP contribution in [0.15, 0.2) is 51.4 Å². The van der Waals surface area contributed by atoms with Gasteiger partial charge in [0.15, 0.2) is 0 Å². The number of anilines is 1. The van der Waals surface area contributed by atoms with Crippen LogP contribution in [-0.2, 0) is 0 Å². The molecule has 1 unspecified atom stereocenters. The smallest absolute Gasteiger partial charge is 0.129 e. The molecule has 0 saturated carbocycles. The van der Waals surface area contributed by atoms with Gasteiger partial charge in [0.25, 0.3) is 0 Å². The zero-order valence-corrected chi connectivity index (χ0v) is 13.1. The second-order valence-corrected chi connectivity index (χ2v) is 5.88. The summed E-state index contributed by atoms with van der Waals surface area (Å²) >= 11 is 6.56. The van der Waals surface area contributed by atoms with Crippen molar-refractivity contribution in [1.29, 1.82) is 0 Å². The molecule has 0 radical (unpaired) electrons. The number of aliphatic hydroxyl groups excluding tert-OH is 1. The van der Waals surface area contributed by atoms with E-state index in [1.54, 1.807) is 12.1 Å². The van der Waals surface area contributed by atoms with Gasteiger partial charge in [-0.05, 0) is 36.4 Å². The standard InChI is InChI=1S/C14H12Br2FNO/c15-9-1-4-11(5-2-9)18-14(8-19)12-6-3-10(16)7-13(12)17/h1-7,14,18-19H,8H2. The van der Waals surface area contributed by atoms with Crippen LogP contribution in [-0.4, -0.2) is 11.7 Å². The van der Waals surface area contributed by atoms with Gasteiger partial charge in [0.2, 0.25) is 0 Å². The molecule has 1 atom stereocenters. The molecule has 0 bridgehead atoms. The topological polar surface area (TPSA) is 32.3 Å². The molecule has 2 N–H and O–H groups in total. The number of benzene rings is 2. The molecule has 0 aromatic heterocycles. The van der Waals surface area contributed by atoms with Crippen LogP contribution in [0.2, 0.25) is 0 Å². The Morgan fingerprint density at radius 1 is 1.05 bits per heavy atom. The molecule has 2 aromatic carbocycles. The minimum atomic E-state index is -0.478. The second kappa shape index (κ2) is 6.50. The van der Waals surface area contributed by atoms with E-state index in [-0.39, 0.29) is 12.4 Å². The lowest BCUT2D eigenvalue weighted by atomic mass is 10.1. The molecular weight excluding hydrogens is 377 g/mol. The van der Waals surface area contributed by atoms with Gasteiger partial charge in [-0.15, -0.1) is 0 Å². The van der Waals surface area contributed by atoms with Crippen molar-refractivity contribution in [1.82, 2.24) is 0 Å². The maximum absolute atomic E-state index is 13.9. The van der Waals surface area contributed by atoms with Crippen molar-refractivity contribution in [2.45, 2.75) is 6.04 Å². The first-order valence-corrected chi connectivity index (χ1v) is 7.26. The maximum atomic E-state index is 13.9. The van der Waals surface area contributed by atoms with Gasteiger partial charge in [0.1, 0.15) is 5.82 Å². The first-order chi connectivity index (χ1) is 9.10. The third-order valence-electron chi connectivity index (χ3n) is 2.71. The number of nitrogens with one attached hydrogen (secondary N) is 1. The number of halogens is 3. The molecule has 0 aliphatic heterocycles. The summed E-state index contributed by atoms with van der Waals surface area (Å²) in [6.07, 6.45) is 0. The van der Waals surface area contributed by atoms with Gasteiger partial charge in [-0.25, -0.2) is 4.39 Å². The fourth-order valence-corrected chi connectivity index (χ4v) is 2.35. The fraction of sp³-hybridized carbons (Fsp3) is 0.143. The third-order valence-corrected chi connectivity index (χ3v) is 3.73. The Balaban J connectivity index is 2.22. The molecule has 100 valence electrons. The predicted octanol–water partition coefficient (Wildman–Crippen LogP) is 4.50. The van der Waals surface area contributed by atoms with Crippen molar-refractivity contribution in [3.63, 3.8) is 0 Å². The van der Waals surface area contributed by atoms with Crippen molar-refractivity contribution in [2.24, 2.45) is 0 Å². The van der Waals surface area contributed by atoms with Crippen LogP contribution in [0.3, 0.4) is 0 Å². The van der Waals surface area contributed by atoms with Crippen LogP contribution in [0.1, 0.15) is 11.6 Å². The van der Waals surface area contributed by atoms with Crippen molar-refractivity contribution in [3.8, 4) is 0 Å². The van der Waals surface area contributed by atoms with Crippen LogP contribution in [0, 0.1) is 5.82 Å². The first-order valence-electron chi connectivity index (χ1n) is 5.68. The summed E-state index contributed by atoms with van der Waals surface area (Å²) in [7, 11) is 0. The van der Waals surface area contributed by atoms with Crippen LogP contribution < -0.4 is 5.32 Å². The highest BCUT2D eigenvalue weighted by molar-refractivity contribution is 9.10. The van der Waals surface area contributed by atoms with Gasteiger partial charge in [0, 0.05) is 20.2 Å². The SMILES string of the molecule is OCC(Nc1ccc(Br)cc1)c1ccc(Br)cc1F. The van der Waals surface area contributed by atoms with Gasteiger partial charge < -0.3 is 10.4 Å². The Bertz CT molecular complexity index is 560. The first kappa shape index (κ1) is 14.5. The highest BCUT2D eigenvalue weighted by Gasteiger charge is 2.15. The Kier molecular flexibility index (Phi) is 4.96. The maximum Gasteiger partial charge on any atom is 0.129 e. The molecule has 0 heterocycles. The zero-order chi connectivity index (χ0) is 13.8. The van der Waals surface area contributed by atoms with E-state index in [2.05, 4.69) is 37.2 Å². The monoisotopic (exact) mass is 387 g/mol. The highest BCUT2D eigenvalue weighted by Crippen LogP contribution is 2.25. The van der Waals surface area contributed by atoms with E-state index in [1.807, 2.05) is 24.3 Å². The summed E-state index contributed by atoms with van der Waals surface area (Å²) in [5, 5.41) is 12.5. The largest absolute Gasteiger partial charge is 0.394 e. The van der Waals surface area contributed by atoms with Crippen molar-refractivity contribution >= 4 is 37.5 Å². The Morgan fingerprint density at radius 2 is 1.68 bits per heavy atom. The molecule has 0 aliphatic carbocycles. The summed E-state index contributed by atoms with van der Waals surface area (Å²) in [5.74, 6) is -0.349. The quantitative estimate of drug-likeness (QED) is 0.808. The van der Waals surface area contributed by atoms with Crippen molar-refractivity contribution in [3.05, 3.63) is 62.8 Å². The lowest BCUT2D eigenvalue weighted by Crippen LogP contribution is -2.16. The van der Waals surface area contributed by atoms with E-state index >= 15 is 0 Å². The third kappa shape index (κ3) is 3.78. The van der Waals surface area contributed by atoms with Gasteiger partial charge in [-0.2, -0.15) is 0 Å². The van der Waals surface area contributed by atoms with Crippen LogP contribution in [0.25, 0.3) is 0 Å². The summed E-state index contributed by atoms with van der Waals surface area (Å²) in [4.78, 5) is 0. The molecule has 2 aromatic rings. The minimum absolute atomic E-state index is 0.186. The molecule has 2 nitrogen and oxygen atoms in total. The summed E-state index contributed by atoms with van der Waals surface area (Å²) in [6, 6.07) is 11.8. The summed E-state index contributed by atoms with van der Waals surface area (Å²) in [6.45, 7) is -0.186. The molecule has 0 aliphatic rings. The van der Waals surface area contributed by atoms with Gasteiger partial charge in [0.05, 0.1) is 12.6 Å². The van der Waals surface area contributed by atoms with Crippen molar-refractivity contribution < 1.29 is 9.50 Å². The van der Waals surface area contributed by atoms with Gasteiger partial charge in [-0.3, -0.25) is 0 Å². The van der Waals surface area contributed by atoms with E-state index in [9.17, 15) is 9.50 Å². The zero-order valence-electron chi connectivity index (χ0n) is 9.91. The summed E-state index contributed by atoms with van der Waals surface area (Å²) < 4.78 is 15.5. The average Bonchev–Trinajstić information content (AvgIpc) is 2.39. The number of hydrogen-bond acceptors (Lipinski definition) is 2. The van der Waals surface area contributed by atoms with Gasteiger partial charge >= 0.3 is 0 Å². The number of aliphatic hydroxyl groups is 1. The molecule has 0 fully saturated rings. The molecular formula is C14H12Br2FNO. The lowest BCUT2D eigenvalue weighted by Gasteiger charge is -2.19. The molecule has 0 saturated heterocycles. The molecule has 0 amide bonds. The van der Waals surface area contributed by atoms with Crippen molar-refractivity contribution in [2.75, 3.05) is 11.9 Å². The number of hydrogen-bond donors (Lipinski definition) is 2. The Labute approximate surface area is 127 Å². The van der Waals surface area contributed by atoms with Gasteiger partial charge in [-0.1, -0.05) is 37.9 Å². The minimum Gasteiger partial charge on any atom is -0.394 e. The van der Waals surface area contributed by atoms with E-state index < -0.39 is 6.04 Å². The Morgan fingerprint density at radius 3 is 2.26 bits per heavy atom. The average molecular weight is 389 g/mol. The van der Waals surface area contributed by atoms with E-state index in [0.29, 0.717) is 10.0 Å². The molecule has 0 spiro atoms. The predicted molar refractivity (Wildman–Crippen MR) is 81.7 cm³/mol. The van der Waals surface area contributed by atoms with E-state index in [0.717, 1.165) is 10.2 Å². The van der Waals surface area contributed by atoms with E-state index in [1.165, 1.54) is 6.07 Å². The van der Waals surface area contributed by atoms with Crippen LogP contribution >= 0.6 is 31.9 Å².